The number of nitriles is 1. The van der Waals surface area contributed by atoms with Crippen LogP contribution in [0.4, 0.5) is 0 Å². The zero-order chi connectivity index (χ0) is 20.3. The zero-order valence-electron chi connectivity index (χ0n) is 17.2. The molecule has 0 N–H and O–H groups in total. The van der Waals surface area contributed by atoms with Gasteiger partial charge in [0.1, 0.15) is 0 Å². The van der Waals surface area contributed by atoms with E-state index in [4.69, 9.17) is 0 Å². The fourth-order valence-corrected chi connectivity index (χ4v) is 5.18. The van der Waals surface area contributed by atoms with Gasteiger partial charge < -0.3 is 9.80 Å². The molecule has 0 unspecified atom stereocenters. The van der Waals surface area contributed by atoms with Crippen molar-refractivity contribution in [2.45, 2.75) is 32.1 Å². The highest BCUT2D eigenvalue weighted by Gasteiger charge is 2.42. The van der Waals surface area contributed by atoms with Crippen molar-refractivity contribution in [2.24, 2.45) is 5.41 Å². The van der Waals surface area contributed by atoms with Gasteiger partial charge >= 0.3 is 0 Å². The summed E-state index contributed by atoms with van der Waals surface area (Å²) in [5.74, 6) is 0.561. The maximum Gasteiger partial charge on any atom is 0.255 e. The molecule has 0 aromatic heterocycles. The summed E-state index contributed by atoms with van der Waals surface area (Å²) in [6.07, 6.45) is 3.27. The maximum absolute atomic E-state index is 13.0. The van der Waals surface area contributed by atoms with Gasteiger partial charge in [0, 0.05) is 26.2 Å². The molecule has 150 valence electrons. The summed E-state index contributed by atoms with van der Waals surface area (Å²) in [7, 11) is 0. The minimum Gasteiger partial charge on any atom is -0.339 e. The number of amides is 1. The summed E-state index contributed by atoms with van der Waals surface area (Å²) >= 11 is 0. The van der Waals surface area contributed by atoms with Crippen molar-refractivity contribution >= 4 is 5.91 Å². The maximum atomic E-state index is 13.0. The Kier molecular flexibility index (Phi) is 5.69. The molecule has 2 heterocycles. The third-order valence-corrected chi connectivity index (χ3v) is 6.82. The lowest BCUT2D eigenvalue weighted by molar-refractivity contribution is 0.0158. The van der Waals surface area contributed by atoms with Gasteiger partial charge in [-0.05, 0) is 54.8 Å². The number of rotatable bonds is 3. The first-order chi connectivity index (χ1) is 14.1. The molecule has 4 rings (SSSR count). The average Bonchev–Trinajstić information content (AvgIpc) is 2.79. The number of likely N-dealkylation sites (N-methyl/N-ethyl adjacent to an activating group) is 1. The third-order valence-electron chi connectivity index (χ3n) is 6.82. The van der Waals surface area contributed by atoms with E-state index < -0.39 is 0 Å². The number of nitrogens with zero attached hydrogens (tertiary/aromatic N) is 3. The van der Waals surface area contributed by atoms with Crippen molar-refractivity contribution in [3.05, 3.63) is 71.3 Å². The minimum absolute atomic E-state index is 0.000216. The van der Waals surface area contributed by atoms with Crippen LogP contribution in [0.2, 0.25) is 0 Å². The number of piperidine rings is 2. The van der Waals surface area contributed by atoms with Gasteiger partial charge in [-0.3, -0.25) is 4.79 Å². The van der Waals surface area contributed by atoms with Crippen molar-refractivity contribution in [2.75, 3.05) is 32.7 Å². The largest absolute Gasteiger partial charge is 0.339 e. The van der Waals surface area contributed by atoms with Crippen molar-refractivity contribution < 1.29 is 4.79 Å². The van der Waals surface area contributed by atoms with E-state index >= 15 is 0 Å². The molecule has 0 bridgehead atoms. The van der Waals surface area contributed by atoms with Gasteiger partial charge in [-0.1, -0.05) is 49.4 Å². The van der Waals surface area contributed by atoms with Crippen LogP contribution in [0.3, 0.4) is 0 Å². The first-order valence-corrected chi connectivity index (χ1v) is 10.7. The molecule has 1 spiro atoms. The molecule has 29 heavy (non-hydrogen) atoms. The quantitative estimate of drug-likeness (QED) is 0.789. The molecule has 4 heteroatoms. The Bertz CT molecular complexity index is 894. The van der Waals surface area contributed by atoms with Gasteiger partial charge in [-0.25, -0.2) is 0 Å². The molecular weight excluding hydrogens is 358 g/mol. The van der Waals surface area contributed by atoms with Crippen LogP contribution >= 0.6 is 0 Å². The molecule has 2 aromatic rings. The SMILES string of the molecule is CCN1C[C@H](c2ccccc2)CC2(CCN(C(=O)c3ccccc3C#N)CC2)C1. The second-order valence-corrected chi connectivity index (χ2v) is 8.59. The lowest BCUT2D eigenvalue weighted by atomic mass is 9.68. The van der Waals surface area contributed by atoms with Crippen LogP contribution in [-0.2, 0) is 0 Å². The fourth-order valence-electron chi connectivity index (χ4n) is 5.18. The topological polar surface area (TPSA) is 47.3 Å². The second kappa shape index (κ2) is 8.39. The summed E-state index contributed by atoms with van der Waals surface area (Å²) in [6.45, 7) is 7.13. The van der Waals surface area contributed by atoms with Crippen LogP contribution in [0, 0.1) is 16.7 Å². The van der Waals surface area contributed by atoms with E-state index in [0.717, 1.165) is 45.6 Å². The molecule has 4 nitrogen and oxygen atoms in total. The van der Waals surface area contributed by atoms with Gasteiger partial charge in [0.2, 0.25) is 0 Å². The molecule has 2 fully saturated rings. The lowest BCUT2D eigenvalue weighted by Gasteiger charge is -2.50. The Hall–Kier alpha value is -2.64. The Morgan fingerprint density at radius 1 is 1.10 bits per heavy atom. The molecule has 2 saturated heterocycles. The van der Waals surface area contributed by atoms with Gasteiger partial charge in [0.25, 0.3) is 5.91 Å². The fraction of sp³-hybridized carbons (Fsp3) is 0.440. The number of benzene rings is 2. The first-order valence-electron chi connectivity index (χ1n) is 10.7. The summed E-state index contributed by atoms with van der Waals surface area (Å²) in [4.78, 5) is 17.6. The zero-order valence-corrected chi connectivity index (χ0v) is 17.2. The van der Waals surface area contributed by atoms with E-state index in [0.29, 0.717) is 17.0 Å². The molecule has 2 aliphatic heterocycles. The number of carbonyl (C=O) groups excluding carboxylic acids is 1. The van der Waals surface area contributed by atoms with E-state index in [1.54, 1.807) is 12.1 Å². The smallest absolute Gasteiger partial charge is 0.255 e. The first kappa shape index (κ1) is 19.7. The highest BCUT2D eigenvalue weighted by atomic mass is 16.2. The predicted octanol–water partition coefficient (Wildman–Crippen LogP) is 4.29. The molecule has 0 radical (unpaired) electrons. The molecule has 1 amide bonds. The highest BCUT2D eigenvalue weighted by molar-refractivity contribution is 5.96. The van der Waals surface area contributed by atoms with Crippen molar-refractivity contribution in [1.82, 2.24) is 9.80 Å². The van der Waals surface area contributed by atoms with Crippen LogP contribution in [0.15, 0.2) is 54.6 Å². The molecule has 0 saturated carbocycles. The van der Waals surface area contributed by atoms with Crippen molar-refractivity contribution in [1.29, 1.82) is 5.26 Å². The van der Waals surface area contributed by atoms with Gasteiger partial charge in [-0.2, -0.15) is 5.26 Å². The van der Waals surface area contributed by atoms with E-state index in [1.807, 2.05) is 17.0 Å². The third kappa shape index (κ3) is 4.06. The monoisotopic (exact) mass is 387 g/mol. The molecule has 2 aliphatic rings. The second-order valence-electron chi connectivity index (χ2n) is 8.59. The highest BCUT2D eigenvalue weighted by Crippen LogP contribution is 2.45. The molecule has 1 atom stereocenters. The summed E-state index contributed by atoms with van der Waals surface area (Å²) in [5.41, 5.74) is 2.72. The van der Waals surface area contributed by atoms with Gasteiger partial charge in [-0.15, -0.1) is 0 Å². The Labute approximate surface area is 173 Å². The summed E-state index contributed by atoms with van der Waals surface area (Å²) < 4.78 is 0. The average molecular weight is 388 g/mol. The normalized spacial score (nSPS) is 21.7. The standard InChI is InChI=1S/C25H29N3O/c1-2-27-18-22(20-8-4-3-5-9-20)16-25(19-27)12-14-28(15-13-25)24(29)23-11-7-6-10-21(23)17-26/h3-11,22H,2,12-16,18-19H2,1H3/t22-/m1/s1. The van der Waals surface area contributed by atoms with Gasteiger partial charge in [0.15, 0.2) is 0 Å². The number of likely N-dealkylation sites (tertiary alicyclic amines) is 2. The predicted molar refractivity (Wildman–Crippen MR) is 115 cm³/mol. The van der Waals surface area contributed by atoms with Crippen LogP contribution in [0.5, 0.6) is 0 Å². The Morgan fingerprint density at radius 2 is 1.79 bits per heavy atom. The molecule has 0 aliphatic carbocycles. The van der Waals surface area contributed by atoms with Crippen LogP contribution in [0.25, 0.3) is 0 Å². The summed E-state index contributed by atoms with van der Waals surface area (Å²) in [6, 6.07) is 20.2. The van der Waals surface area contributed by atoms with E-state index in [-0.39, 0.29) is 11.3 Å². The van der Waals surface area contributed by atoms with E-state index in [2.05, 4.69) is 48.2 Å². The lowest BCUT2D eigenvalue weighted by Crippen LogP contribution is -2.52. The van der Waals surface area contributed by atoms with E-state index in [9.17, 15) is 10.1 Å². The van der Waals surface area contributed by atoms with Crippen LogP contribution < -0.4 is 0 Å². The van der Waals surface area contributed by atoms with Gasteiger partial charge in [0.05, 0.1) is 17.2 Å². The number of hydrogen-bond donors (Lipinski definition) is 0. The van der Waals surface area contributed by atoms with Crippen molar-refractivity contribution in [3.63, 3.8) is 0 Å². The summed E-state index contributed by atoms with van der Waals surface area (Å²) in [5, 5.41) is 9.33. The minimum atomic E-state index is -0.000216. The van der Waals surface area contributed by atoms with E-state index in [1.165, 1.54) is 12.0 Å². The molecular formula is C25H29N3O. The van der Waals surface area contributed by atoms with Crippen molar-refractivity contribution in [3.8, 4) is 6.07 Å². The molecule has 2 aromatic carbocycles. The van der Waals surface area contributed by atoms with Crippen LogP contribution in [-0.4, -0.2) is 48.4 Å². The number of hydrogen-bond acceptors (Lipinski definition) is 3. The Balaban J connectivity index is 1.48. The Morgan fingerprint density at radius 3 is 2.48 bits per heavy atom. The van der Waals surface area contributed by atoms with Crippen LogP contribution in [0.1, 0.15) is 53.6 Å². The number of carbonyl (C=O) groups is 1.